The van der Waals surface area contributed by atoms with E-state index >= 15 is 0 Å². The van der Waals surface area contributed by atoms with Crippen LogP contribution in [0.5, 0.6) is 11.5 Å². The maximum Gasteiger partial charge on any atom is 0.333 e. The van der Waals surface area contributed by atoms with E-state index in [0.29, 0.717) is 27.6 Å². The van der Waals surface area contributed by atoms with Crippen molar-refractivity contribution in [3.05, 3.63) is 97.8 Å². The molecule has 0 radical (unpaired) electrons. The molecule has 0 unspecified atom stereocenters. The second-order valence-electron chi connectivity index (χ2n) is 6.95. The Labute approximate surface area is 175 Å². The molecule has 0 bridgehead atoms. The fourth-order valence-electron chi connectivity index (χ4n) is 3.57. The standard InChI is InChI=1S/C22H16ClN3O4/c23-16-4-1-3-14(9-16)11-25-20-17(5-2-8-24-20)21(27)26(22(25)28)12-15-6-7-18-19(10-15)30-13-29-18/h1-10H,11-13H2. The zero-order valence-electron chi connectivity index (χ0n) is 15.7. The van der Waals surface area contributed by atoms with Gasteiger partial charge in [-0.05, 0) is 47.5 Å². The van der Waals surface area contributed by atoms with Crippen molar-refractivity contribution in [2.45, 2.75) is 13.1 Å². The first-order valence-corrected chi connectivity index (χ1v) is 9.69. The predicted octanol–water partition coefficient (Wildman–Crippen LogP) is 3.04. The number of nitrogens with zero attached hydrogens (tertiary/aromatic N) is 3. The van der Waals surface area contributed by atoms with Gasteiger partial charge >= 0.3 is 5.69 Å². The van der Waals surface area contributed by atoms with Gasteiger partial charge in [0.1, 0.15) is 5.65 Å². The Morgan fingerprint density at radius 2 is 1.70 bits per heavy atom. The normalized spacial score (nSPS) is 12.4. The molecule has 4 aromatic rings. The number of fused-ring (bicyclic) bond motifs is 2. The second kappa shape index (κ2) is 7.35. The molecule has 0 atom stereocenters. The molecule has 150 valence electrons. The lowest BCUT2D eigenvalue weighted by atomic mass is 10.2. The van der Waals surface area contributed by atoms with Crippen LogP contribution < -0.4 is 20.7 Å². The maximum atomic E-state index is 13.3. The van der Waals surface area contributed by atoms with Gasteiger partial charge in [0.05, 0.1) is 18.5 Å². The zero-order chi connectivity index (χ0) is 20.7. The van der Waals surface area contributed by atoms with E-state index in [1.165, 1.54) is 9.13 Å². The van der Waals surface area contributed by atoms with Crippen molar-refractivity contribution in [2.75, 3.05) is 6.79 Å². The van der Waals surface area contributed by atoms with Crippen LogP contribution in [-0.4, -0.2) is 20.9 Å². The van der Waals surface area contributed by atoms with Crippen molar-refractivity contribution in [1.82, 2.24) is 14.1 Å². The van der Waals surface area contributed by atoms with Crippen LogP contribution in [0.1, 0.15) is 11.1 Å². The molecule has 1 aliphatic heterocycles. The highest BCUT2D eigenvalue weighted by Gasteiger charge is 2.17. The van der Waals surface area contributed by atoms with Crippen molar-refractivity contribution in [3.8, 4) is 11.5 Å². The number of halogens is 1. The van der Waals surface area contributed by atoms with Crippen LogP contribution in [0.3, 0.4) is 0 Å². The highest BCUT2D eigenvalue weighted by Crippen LogP contribution is 2.32. The molecular formula is C22H16ClN3O4. The summed E-state index contributed by atoms with van der Waals surface area (Å²) in [6, 6.07) is 16.0. The van der Waals surface area contributed by atoms with Crippen molar-refractivity contribution in [1.29, 1.82) is 0 Å². The Hall–Kier alpha value is -3.58. The lowest BCUT2D eigenvalue weighted by Gasteiger charge is -2.14. The molecule has 0 amide bonds. The first-order chi connectivity index (χ1) is 14.6. The third-order valence-electron chi connectivity index (χ3n) is 4.99. The molecular weight excluding hydrogens is 406 g/mol. The summed E-state index contributed by atoms with van der Waals surface area (Å²) in [6.07, 6.45) is 1.57. The van der Waals surface area contributed by atoms with E-state index in [4.69, 9.17) is 21.1 Å². The van der Waals surface area contributed by atoms with Gasteiger partial charge in [0.15, 0.2) is 11.5 Å². The van der Waals surface area contributed by atoms with Gasteiger partial charge in [0.25, 0.3) is 5.56 Å². The summed E-state index contributed by atoms with van der Waals surface area (Å²) in [5, 5.41) is 0.950. The molecule has 3 heterocycles. The number of ether oxygens (including phenoxy) is 2. The predicted molar refractivity (Wildman–Crippen MR) is 112 cm³/mol. The largest absolute Gasteiger partial charge is 0.454 e. The van der Waals surface area contributed by atoms with Crippen LogP contribution in [0.4, 0.5) is 0 Å². The van der Waals surface area contributed by atoms with E-state index in [9.17, 15) is 9.59 Å². The topological polar surface area (TPSA) is 75.4 Å². The average Bonchev–Trinajstić information content (AvgIpc) is 3.22. The highest BCUT2D eigenvalue weighted by molar-refractivity contribution is 6.30. The second-order valence-corrected chi connectivity index (χ2v) is 7.39. The van der Waals surface area contributed by atoms with E-state index in [0.717, 1.165) is 11.1 Å². The smallest absolute Gasteiger partial charge is 0.333 e. The van der Waals surface area contributed by atoms with Gasteiger partial charge in [0.2, 0.25) is 6.79 Å². The molecule has 7 nitrogen and oxygen atoms in total. The number of hydrogen-bond donors (Lipinski definition) is 0. The van der Waals surface area contributed by atoms with E-state index in [1.807, 2.05) is 18.2 Å². The van der Waals surface area contributed by atoms with Crippen LogP contribution in [0.2, 0.25) is 5.02 Å². The summed E-state index contributed by atoms with van der Waals surface area (Å²) >= 11 is 6.10. The first kappa shape index (κ1) is 18.4. The van der Waals surface area contributed by atoms with Crippen LogP contribution in [0.15, 0.2) is 70.4 Å². The first-order valence-electron chi connectivity index (χ1n) is 9.31. The number of benzene rings is 2. The number of hydrogen-bond acceptors (Lipinski definition) is 5. The Morgan fingerprint density at radius 1 is 0.900 bits per heavy atom. The molecule has 0 saturated carbocycles. The van der Waals surface area contributed by atoms with Crippen LogP contribution in [0, 0.1) is 0 Å². The molecule has 0 N–H and O–H groups in total. The van der Waals surface area contributed by atoms with Gasteiger partial charge in [-0.25, -0.2) is 9.78 Å². The van der Waals surface area contributed by atoms with E-state index in [1.54, 1.807) is 42.6 Å². The van der Waals surface area contributed by atoms with E-state index in [-0.39, 0.29) is 25.4 Å². The summed E-state index contributed by atoms with van der Waals surface area (Å²) in [5.74, 6) is 1.24. The molecule has 30 heavy (non-hydrogen) atoms. The quantitative estimate of drug-likeness (QED) is 0.506. The highest BCUT2D eigenvalue weighted by atomic mass is 35.5. The van der Waals surface area contributed by atoms with Gasteiger partial charge in [-0.15, -0.1) is 0 Å². The van der Waals surface area contributed by atoms with E-state index in [2.05, 4.69) is 4.98 Å². The van der Waals surface area contributed by atoms with Gasteiger partial charge < -0.3 is 9.47 Å². The zero-order valence-corrected chi connectivity index (χ0v) is 16.5. The number of rotatable bonds is 4. The summed E-state index contributed by atoms with van der Waals surface area (Å²) in [4.78, 5) is 30.7. The molecule has 0 aliphatic carbocycles. The fraction of sp³-hybridized carbons (Fsp3) is 0.136. The minimum absolute atomic E-state index is 0.106. The summed E-state index contributed by atoms with van der Waals surface area (Å²) in [7, 11) is 0. The Morgan fingerprint density at radius 3 is 2.57 bits per heavy atom. The van der Waals surface area contributed by atoms with Crippen LogP contribution in [-0.2, 0) is 13.1 Å². The van der Waals surface area contributed by atoms with Gasteiger partial charge in [-0.2, -0.15) is 0 Å². The molecule has 2 aromatic carbocycles. The van der Waals surface area contributed by atoms with Crippen LogP contribution >= 0.6 is 11.6 Å². The molecule has 0 saturated heterocycles. The lowest BCUT2D eigenvalue weighted by Crippen LogP contribution is -2.40. The summed E-state index contributed by atoms with van der Waals surface area (Å²) in [6.45, 7) is 0.510. The molecule has 8 heteroatoms. The lowest BCUT2D eigenvalue weighted by molar-refractivity contribution is 0.174. The Kier molecular flexibility index (Phi) is 4.52. The van der Waals surface area contributed by atoms with Crippen molar-refractivity contribution < 1.29 is 9.47 Å². The monoisotopic (exact) mass is 421 g/mol. The summed E-state index contributed by atoms with van der Waals surface area (Å²) < 4.78 is 13.4. The van der Waals surface area contributed by atoms with Crippen LogP contribution in [0.25, 0.3) is 11.0 Å². The third-order valence-corrected chi connectivity index (χ3v) is 5.22. The average molecular weight is 422 g/mol. The van der Waals surface area contributed by atoms with Gasteiger partial charge in [-0.1, -0.05) is 29.8 Å². The number of pyridine rings is 1. The fourth-order valence-corrected chi connectivity index (χ4v) is 3.78. The van der Waals surface area contributed by atoms with Crippen molar-refractivity contribution in [3.63, 3.8) is 0 Å². The van der Waals surface area contributed by atoms with Gasteiger partial charge in [-0.3, -0.25) is 13.9 Å². The van der Waals surface area contributed by atoms with Crippen molar-refractivity contribution in [2.24, 2.45) is 0 Å². The Bertz CT molecular complexity index is 1390. The SMILES string of the molecule is O=c1c2cccnc2n(Cc2cccc(Cl)c2)c(=O)n1Cc1ccc2c(c1)OCO2. The van der Waals surface area contributed by atoms with E-state index < -0.39 is 5.69 Å². The molecule has 0 spiro atoms. The summed E-state index contributed by atoms with van der Waals surface area (Å²) in [5.41, 5.74) is 1.11. The van der Waals surface area contributed by atoms with Crippen molar-refractivity contribution >= 4 is 22.6 Å². The minimum atomic E-state index is -0.441. The Balaban J connectivity index is 1.65. The molecule has 5 rings (SSSR count). The minimum Gasteiger partial charge on any atom is -0.454 e. The number of aromatic nitrogens is 3. The maximum absolute atomic E-state index is 13.3. The molecule has 1 aliphatic rings. The molecule has 2 aromatic heterocycles. The van der Waals surface area contributed by atoms with Gasteiger partial charge in [0, 0.05) is 11.2 Å². The molecule has 0 fully saturated rings. The third kappa shape index (κ3) is 3.23.